The maximum absolute atomic E-state index is 12.4. The van der Waals surface area contributed by atoms with E-state index in [-0.39, 0.29) is 12.1 Å². The molecule has 2 heterocycles. The van der Waals surface area contributed by atoms with Gasteiger partial charge in [-0.15, -0.1) is 0 Å². The summed E-state index contributed by atoms with van der Waals surface area (Å²) in [6.07, 6.45) is 2.45. The molecule has 0 bridgehead atoms. The van der Waals surface area contributed by atoms with Crippen molar-refractivity contribution in [1.82, 2.24) is 26.7 Å². The summed E-state index contributed by atoms with van der Waals surface area (Å²) < 4.78 is 0. The first-order valence-corrected chi connectivity index (χ1v) is 8.05. The number of hydrogen-bond donors (Lipinski definition) is 5. The number of carbonyl (C=O) groups excluding carboxylic acids is 1. The number of hydrazine groups is 2. The van der Waals surface area contributed by atoms with Gasteiger partial charge in [0.2, 0.25) is 5.91 Å². The molecule has 2 aromatic rings. The quantitative estimate of drug-likeness (QED) is 0.536. The molecule has 0 radical (unpaired) electrons. The summed E-state index contributed by atoms with van der Waals surface area (Å²) in [7, 11) is 0. The largest absolute Gasteiger partial charge is 0.367 e. The van der Waals surface area contributed by atoms with Gasteiger partial charge >= 0.3 is 0 Å². The van der Waals surface area contributed by atoms with Crippen molar-refractivity contribution in [1.29, 1.82) is 0 Å². The number of nitrogens with zero attached hydrogens (tertiary/aromatic N) is 1. The van der Waals surface area contributed by atoms with Crippen molar-refractivity contribution in [2.45, 2.75) is 32.1 Å². The fourth-order valence-corrected chi connectivity index (χ4v) is 2.51. The van der Waals surface area contributed by atoms with Crippen molar-refractivity contribution in [2.75, 3.05) is 5.32 Å². The Morgan fingerprint density at radius 1 is 1.17 bits per heavy atom. The Hall–Kier alpha value is -2.48. The molecular weight excluding hydrogens is 304 g/mol. The molecule has 24 heavy (non-hydrogen) atoms. The van der Waals surface area contributed by atoms with Crippen LogP contribution in [0.25, 0.3) is 0 Å². The molecular formula is C17H22N6O. The van der Waals surface area contributed by atoms with Crippen LogP contribution in [0.3, 0.4) is 0 Å². The molecule has 1 fully saturated rings. The fourth-order valence-electron chi connectivity index (χ4n) is 2.51. The third-order valence-electron chi connectivity index (χ3n) is 3.93. The molecule has 1 aliphatic heterocycles. The number of amides is 1. The molecule has 0 aliphatic carbocycles. The van der Waals surface area contributed by atoms with E-state index in [4.69, 9.17) is 0 Å². The number of aromatic nitrogens is 1. The summed E-state index contributed by atoms with van der Waals surface area (Å²) >= 11 is 0. The maximum atomic E-state index is 12.4. The second-order valence-electron chi connectivity index (χ2n) is 5.60. The van der Waals surface area contributed by atoms with Crippen LogP contribution >= 0.6 is 0 Å². The lowest BCUT2D eigenvalue weighted by atomic mass is 10.1. The minimum atomic E-state index is -0.445. The minimum Gasteiger partial charge on any atom is -0.367 e. The van der Waals surface area contributed by atoms with Crippen molar-refractivity contribution < 1.29 is 4.79 Å². The van der Waals surface area contributed by atoms with Crippen molar-refractivity contribution in [3.05, 3.63) is 59.9 Å². The van der Waals surface area contributed by atoms with Crippen LogP contribution in [0.5, 0.6) is 0 Å². The SMILES string of the molecule is CCc1ccc(NC2NNNC2C(=O)NCc2ccccn2)cc1. The van der Waals surface area contributed by atoms with E-state index in [0.717, 1.165) is 17.8 Å². The average Bonchev–Trinajstić information content (AvgIpc) is 3.09. The van der Waals surface area contributed by atoms with E-state index in [2.05, 4.69) is 51.1 Å². The van der Waals surface area contributed by atoms with Gasteiger partial charge in [0.25, 0.3) is 0 Å². The summed E-state index contributed by atoms with van der Waals surface area (Å²) in [6, 6.07) is 13.4. The van der Waals surface area contributed by atoms with E-state index in [1.165, 1.54) is 5.56 Å². The average molecular weight is 326 g/mol. The predicted molar refractivity (Wildman–Crippen MR) is 92.5 cm³/mol. The van der Waals surface area contributed by atoms with Gasteiger partial charge < -0.3 is 10.6 Å². The number of aryl methyl sites for hydroxylation is 1. The Kier molecular flexibility index (Phi) is 5.37. The predicted octanol–water partition coefficient (Wildman–Crippen LogP) is 0.679. The highest BCUT2D eigenvalue weighted by atomic mass is 16.2. The van der Waals surface area contributed by atoms with Gasteiger partial charge in [-0.2, -0.15) is 5.53 Å². The Morgan fingerprint density at radius 2 is 2.00 bits per heavy atom. The molecule has 1 aromatic carbocycles. The fraction of sp³-hybridized carbons (Fsp3) is 0.294. The van der Waals surface area contributed by atoms with E-state index in [0.29, 0.717) is 6.54 Å². The van der Waals surface area contributed by atoms with Gasteiger partial charge in [-0.1, -0.05) is 25.1 Å². The van der Waals surface area contributed by atoms with E-state index >= 15 is 0 Å². The lowest BCUT2D eigenvalue weighted by Gasteiger charge is -2.20. The Bertz CT molecular complexity index is 661. The van der Waals surface area contributed by atoms with Gasteiger partial charge in [-0.05, 0) is 36.2 Å². The van der Waals surface area contributed by atoms with Crippen LogP contribution < -0.4 is 27.0 Å². The van der Waals surface area contributed by atoms with Gasteiger partial charge in [0.1, 0.15) is 12.2 Å². The monoisotopic (exact) mass is 326 g/mol. The zero-order valence-electron chi connectivity index (χ0n) is 13.5. The minimum absolute atomic E-state index is 0.110. The molecule has 7 heteroatoms. The maximum Gasteiger partial charge on any atom is 0.242 e. The summed E-state index contributed by atoms with van der Waals surface area (Å²) in [5.74, 6) is -0.110. The topological polar surface area (TPSA) is 90.1 Å². The number of carbonyl (C=O) groups is 1. The first-order valence-electron chi connectivity index (χ1n) is 8.05. The number of rotatable bonds is 6. The molecule has 2 atom stereocenters. The van der Waals surface area contributed by atoms with Crippen LogP contribution in [0, 0.1) is 0 Å². The lowest BCUT2D eigenvalue weighted by molar-refractivity contribution is -0.123. The highest BCUT2D eigenvalue weighted by Crippen LogP contribution is 2.12. The number of hydrogen-bond acceptors (Lipinski definition) is 6. The van der Waals surface area contributed by atoms with Crippen LogP contribution in [-0.4, -0.2) is 23.1 Å². The van der Waals surface area contributed by atoms with E-state index in [1.807, 2.05) is 30.3 Å². The zero-order chi connectivity index (χ0) is 16.8. The molecule has 2 unspecified atom stereocenters. The number of benzene rings is 1. The van der Waals surface area contributed by atoms with E-state index in [9.17, 15) is 4.79 Å². The first kappa shape index (κ1) is 16.4. The van der Waals surface area contributed by atoms with Gasteiger partial charge in [0, 0.05) is 11.9 Å². The Morgan fingerprint density at radius 3 is 2.71 bits per heavy atom. The standard InChI is InChI=1S/C17H22N6O/c1-2-12-6-8-13(9-7-12)20-16-15(21-23-22-16)17(24)19-11-14-5-3-4-10-18-14/h3-10,15-16,20-23H,2,11H2,1H3,(H,19,24). The van der Waals surface area contributed by atoms with Crippen LogP contribution in [0.15, 0.2) is 48.7 Å². The summed E-state index contributed by atoms with van der Waals surface area (Å²) in [5, 5.41) is 6.20. The molecule has 1 aromatic heterocycles. The van der Waals surface area contributed by atoms with E-state index < -0.39 is 6.04 Å². The molecule has 7 nitrogen and oxygen atoms in total. The number of nitrogens with one attached hydrogen (secondary N) is 5. The summed E-state index contributed by atoms with van der Waals surface area (Å²) in [6.45, 7) is 2.52. The van der Waals surface area contributed by atoms with Crippen molar-refractivity contribution in [2.24, 2.45) is 0 Å². The normalized spacial score (nSPS) is 19.9. The Labute approximate surface area is 141 Å². The van der Waals surface area contributed by atoms with Gasteiger partial charge in [0.15, 0.2) is 0 Å². The highest BCUT2D eigenvalue weighted by molar-refractivity contribution is 5.83. The second kappa shape index (κ2) is 7.87. The number of anilines is 1. The molecule has 5 N–H and O–H groups in total. The second-order valence-corrected chi connectivity index (χ2v) is 5.60. The smallest absolute Gasteiger partial charge is 0.242 e. The van der Waals surface area contributed by atoms with Crippen LogP contribution in [0.4, 0.5) is 5.69 Å². The Balaban J connectivity index is 1.56. The van der Waals surface area contributed by atoms with Gasteiger partial charge in [-0.3, -0.25) is 9.78 Å². The molecule has 1 aliphatic rings. The molecule has 126 valence electrons. The molecule has 0 spiro atoms. The van der Waals surface area contributed by atoms with Crippen molar-refractivity contribution >= 4 is 11.6 Å². The molecule has 1 saturated heterocycles. The summed E-state index contributed by atoms with van der Waals surface area (Å²) in [4.78, 5) is 16.6. The number of pyridine rings is 1. The lowest BCUT2D eigenvalue weighted by Crippen LogP contribution is -2.50. The molecule has 3 rings (SSSR count). The van der Waals surface area contributed by atoms with Gasteiger partial charge in [-0.25, -0.2) is 10.9 Å². The third kappa shape index (κ3) is 4.08. The first-order chi connectivity index (χ1) is 11.8. The zero-order valence-corrected chi connectivity index (χ0v) is 13.5. The van der Waals surface area contributed by atoms with Crippen molar-refractivity contribution in [3.8, 4) is 0 Å². The van der Waals surface area contributed by atoms with Gasteiger partial charge in [0.05, 0.1) is 12.2 Å². The molecule has 0 saturated carbocycles. The third-order valence-corrected chi connectivity index (χ3v) is 3.93. The van der Waals surface area contributed by atoms with Crippen LogP contribution in [0.1, 0.15) is 18.2 Å². The van der Waals surface area contributed by atoms with Crippen LogP contribution in [0.2, 0.25) is 0 Å². The highest BCUT2D eigenvalue weighted by Gasteiger charge is 2.32. The van der Waals surface area contributed by atoms with Crippen molar-refractivity contribution in [3.63, 3.8) is 0 Å². The van der Waals surface area contributed by atoms with E-state index in [1.54, 1.807) is 6.20 Å². The summed E-state index contributed by atoms with van der Waals surface area (Å²) in [5.41, 5.74) is 11.8. The molecule has 1 amide bonds. The van der Waals surface area contributed by atoms with Crippen LogP contribution in [-0.2, 0) is 17.8 Å².